The third-order valence-electron chi connectivity index (χ3n) is 3.93. The molecule has 0 N–H and O–H groups in total. The molecule has 2 atom stereocenters. The van der Waals surface area contributed by atoms with E-state index in [1.165, 1.54) is 4.90 Å². The van der Waals surface area contributed by atoms with Gasteiger partial charge in [0.25, 0.3) is 0 Å². The largest absolute Gasteiger partial charge is 0.447 e. The van der Waals surface area contributed by atoms with Crippen LogP contribution in [-0.2, 0) is 9.53 Å². The smallest absolute Gasteiger partial charge is 0.416 e. The van der Waals surface area contributed by atoms with Crippen LogP contribution in [0.25, 0.3) is 6.08 Å². The molecule has 0 bridgehead atoms. The van der Waals surface area contributed by atoms with Gasteiger partial charge in [-0.2, -0.15) is 0 Å². The summed E-state index contributed by atoms with van der Waals surface area (Å²) < 4.78 is 5.03. The molecule has 1 aromatic rings. The number of carbonyl (C=O) groups excluding carboxylic acids is 2. The molecule has 1 aromatic carbocycles. The molecule has 0 aromatic heterocycles. The van der Waals surface area contributed by atoms with Crippen molar-refractivity contribution < 1.29 is 14.3 Å². The molecule has 118 valence electrons. The van der Waals surface area contributed by atoms with E-state index in [1.54, 1.807) is 0 Å². The molecule has 0 radical (unpaired) electrons. The zero-order chi connectivity index (χ0) is 16.1. The molecule has 0 spiro atoms. The lowest BCUT2D eigenvalue weighted by atomic mass is 10.0. The number of ether oxygens (including phenoxy) is 1. The van der Waals surface area contributed by atoms with E-state index in [9.17, 15) is 9.59 Å². The van der Waals surface area contributed by atoms with E-state index in [1.807, 2.05) is 63.3 Å². The van der Waals surface area contributed by atoms with Crippen LogP contribution >= 0.6 is 0 Å². The molecule has 1 heterocycles. The lowest BCUT2D eigenvalue weighted by molar-refractivity contribution is -0.133. The molecule has 2 rings (SSSR count). The molecule has 0 unspecified atom stereocenters. The predicted molar refractivity (Wildman–Crippen MR) is 86.1 cm³/mol. The van der Waals surface area contributed by atoms with Crippen LogP contribution in [0.15, 0.2) is 36.4 Å². The average molecular weight is 301 g/mol. The summed E-state index contributed by atoms with van der Waals surface area (Å²) in [4.78, 5) is 25.6. The first-order valence-electron chi connectivity index (χ1n) is 7.72. The van der Waals surface area contributed by atoms with Crippen molar-refractivity contribution in [3.8, 4) is 0 Å². The number of benzene rings is 1. The van der Waals surface area contributed by atoms with Crippen LogP contribution in [0, 0.1) is 11.8 Å². The van der Waals surface area contributed by atoms with Gasteiger partial charge in [0, 0.05) is 5.92 Å². The summed E-state index contributed by atoms with van der Waals surface area (Å²) >= 11 is 0. The summed E-state index contributed by atoms with van der Waals surface area (Å²) in [7, 11) is 0. The molecule has 1 fully saturated rings. The summed E-state index contributed by atoms with van der Waals surface area (Å²) in [5, 5.41) is 0. The van der Waals surface area contributed by atoms with Crippen LogP contribution in [0.4, 0.5) is 4.79 Å². The Hall–Kier alpha value is -2.10. The minimum absolute atomic E-state index is 0.152. The van der Waals surface area contributed by atoms with Crippen molar-refractivity contribution in [2.45, 2.75) is 33.2 Å². The zero-order valence-corrected chi connectivity index (χ0v) is 13.4. The van der Waals surface area contributed by atoms with E-state index in [0.29, 0.717) is 13.0 Å². The number of hydrogen-bond acceptors (Lipinski definition) is 3. The van der Waals surface area contributed by atoms with Crippen LogP contribution in [-0.4, -0.2) is 29.5 Å². The van der Waals surface area contributed by atoms with Crippen LogP contribution in [0.1, 0.15) is 32.8 Å². The van der Waals surface area contributed by atoms with Gasteiger partial charge < -0.3 is 4.74 Å². The maximum absolute atomic E-state index is 12.5. The van der Waals surface area contributed by atoms with Gasteiger partial charge in [0.1, 0.15) is 6.61 Å². The summed E-state index contributed by atoms with van der Waals surface area (Å²) in [5.41, 5.74) is 1.10. The van der Waals surface area contributed by atoms with Gasteiger partial charge in [0.15, 0.2) is 0 Å². The Balaban J connectivity index is 1.97. The average Bonchev–Trinajstić information content (AvgIpc) is 2.89. The lowest BCUT2D eigenvalue weighted by Gasteiger charge is -2.24. The summed E-state index contributed by atoms with van der Waals surface area (Å²) in [6.45, 7) is 6.13. The van der Waals surface area contributed by atoms with Crippen LogP contribution < -0.4 is 0 Å². The number of hydrogen-bond donors (Lipinski definition) is 0. The summed E-state index contributed by atoms with van der Waals surface area (Å²) in [5.74, 6) is -0.201. The minimum atomic E-state index is -0.511. The highest BCUT2D eigenvalue weighted by atomic mass is 16.6. The third-order valence-corrected chi connectivity index (χ3v) is 3.93. The van der Waals surface area contributed by atoms with Crippen molar-refractivity contribution in [3.05, 3.63) is 42.0 Å². The molecule has 0 aliphatic carbocycles. The predicted octanol–water partition coefficient (Wildman–Crippen LogP) is 3.73. The van der Waals surface area contributed by atoms with Crippen LogP contribution in [0.2, 0.25) is 0 Å². The Morgan fingerprint density at radius 3 is 2.64 bits per heavy atom. The van der Waals surface area contributed by atoms with Crippen LogP contribution in [0.5, 0.6) is 0 Å². The van der Waals surface area contributed by atoms with E-state index in [0.717, 1.165) is 5.56 Å². The summed E-state index contributed by atoms with van der Waals surface area (Å²) in [6.07, 6.45) is 4.06. The Morgan fingerprint density at radius 2 is 2.00 bits per heavy atom. The van der Waals surface area contributed by atoms with Crippen molar-refractivity contribution in [1.82, 2.24) is 4.90 Å². The SMILES string of the molecule is CC(C)[C@H]1COC(=O)N1C(=O)[C@H](C)C/C=C/c1ccccc1. The van der Waals surface area contributed by atoms with Gasteiger partial charge in [-0.05, 0) is 17.9 Å². The number of cyclic esters (lactones) is 1. The molecule has 1 aliphatic rings. The van der Waals surface area contributed by atoms with E-state index < -0.39 is 6.09 Å². The highest BCUT2D eigenvalue weighted by molar-refractivity contribution is 5.94. The van der Waals surface area contributed by atoms with Gasteiger partial charge in [-0.3, -0.25) is 4.79 Å². The van der Waals surface area contributed by atoms with E-state index in [2.05, 4.69) is 0 Å². The van der Waals surface area contributed by atoms with Crippen molar-refractivity contribution in [1.29, 1.82) is 0 Å². The number of nitrogens with zero attached hydrogens (tertiary/aromatic N) is 1. The fraction of sp³-hybridized carbons (Fsp3) is 0.444. The topological polar surface area (TPSA) is 46.6 Å². The van der Waals surface area contributed by atoms with Gasteiger partial charge in [0.05, 0.1) is 6.04 Å². The van der Waals surface area contributed by atoms with Gasteiger partial charge in [0.2, 0.25) is 5.91 Å². The molecule has 0 saturated carbocycles. The fourth-order valence-electron chi connectivity index (χ4n) is 2.49. The van der Waals surface area contributed by atoms with E-state index in [4.69, 9.17) is 4.74 Å². The lowest BCUT2D eigenvalue weighted by Crippen LogP contribution is -2.44. The minimum Gasteiger partial charge on any atom is -0.447 e. The van der Waals surface area contributed by atoms with Gasteiger partial charge in [-0.15, -0.1) is 0 Å². The quantitative estimate of drug-likeness (QED) is 0.832. The Bertz CT molecular complexity index is 551. The highest BCUT2D eigenvalue weighted by Crippen LogP contribution is 2.23. The molecule has 1 saturated heterocycles. The molecule has 1 aliphatic heterocycles. The van der Waals surface area contributed by atoms with Crippen LogP contribution in [0.3, 0.4) is 0 Å². The third kappa shape index (κ3) is 3.75. The second-order valence-corrected chi connectivity index (χ2v) is 6.05. The number of imide groups is 1. The van der Waals surface area contributed by atoms with E-state index in [-0.39, 0.29) is 23.8 Å². The second kappa shape index (κ2) is 7.25. The van der Waals surface area contributed by atoms with Gasteiger partial charge in [-0.25, -0.2) is 9.69 Å². The Labute approximate surface area is 131 Å². The van der Waals surface area contributed by atoms with Gasteiger partial charge in [-0.1, -0.05) is 63.3 Å². The van der Waals surface area contributed by atoms with Crippen molar-refractivity contribution in [2.24, 2.45) is 11.8 Å². The maximum Gasteiger partial charge on any atom is 0.416 e. The van der Waals surface area contributed by atoms with Crippen molar-refractivity contribution in [2.75, 3.05) is 6.61 Å². The van der Waals surface area contributed by atoms with Crippen molar-refractivity contribution in [3.63, 3.8) is 0 Å². The Kier molecular flexibility index (Phi) is 5.36. The monoisotopic (exact) mass is 301 g/mol. The maximum atomic E-state index is 12.5. The first kappa shape index (κ1) is 16.3. The fourth-order valence-corrected chi connectivity index (χ4v) is 2.49. The standard InChI is InChI=1S/C18H23NO3/c1-13(2)16-12-22-18(21)19(16)17(20)14(3)8-7-11-15-9-5-4-6-10-15/h4-7,9-11,13-14,16H,8,12H2,1-3H3/b11-7+/t14-,16-/m1/s1. The Morgan fingerprint density at radius 1 is 1.32 bits per heavy atom. The zero-order valence-electron chi connectivity index (χ0n) is 13.4. The molecular weight excluding hydrogens is 278 g/mol. The first-order chi connectivity index (χ1) is 10.5. The molecule has 2 amide bonds. The first-order valence-corrected chi connectivity index (χ1v) is 7.72. The number of rotatable bonds is 5. The van der Waals surface area contributed by atoms with Gasteiger partial charge >= 0.3 is 6.09 Å². The summed E-state index contributed by atoms with van der Waals surface area (Å²) in [6, 6.07) is 9.78. The highest BCUT2D eigenvalue weighted by Gasteiger charge is 2.40. The number of carbonyl (C=O) groups is 2. The molecular formula is C18H23NO3. The second-order valence-electron chi connectivity index (χ2n) is 6.05. The normalized spacial score (nSPS) is 19.7. The number of amides is 2. The number of allylic oxidation sites excluding steroid dienone is 1. The van der Waals surface area contributed by atoms with E-state index >= 15 is 0 Å². The molecule has 4 nitrogen and oxygen atoms in total. The van der Waals surface area contributed by atoms with Crippen molar-refractivity contribution >= 4 is 18.1 Å². The molecule has 4 heteroatoms. The molecule has 22 heavy (non-hydrogen) atoms.